The summed E-state index contributed by atoms with van der Waals surface area (Å²) < 4.78 is 5.58. The van der Waals surface area contributed by atoms with Crippen LogP contribution in [0.3, 0.4) is 0 Å². The molecule has 2 fully saturated rings. The molecule has 2 saturated heterocycles. The predicted molar refractivity (Wildman–Crippen MR) is 65.9 cm³/mol. The van der Waals surface area contributed by atoms with Crippen molar-refractivity contribution < 1.29 is 14.6 Å². The topological polar surface area (TPSA) is 49.8 Å². The third kappa shape index (κ3) is 1.91. The maximum absolute atomic E-state index is 12.3. The van der Waals surface area contributed by atoms with Gasteiger partial charge in [0.1, 0.15) is 6.10 Å². The van der Waals surface area contributed by atoms with E-state index in [1.807, 2.05) is 35.2 Å². The molecule has 4 heteroatoms. The molecule has 2 aliphatic heterocycles. The zero-order valence-electron chi connectivity index (χ0n) is 10.2. The highest BCUT2D eigenvalue weighted by molar-refractivity contribution is 5.83. The Morgan fingerprint density at radius 3 is 2.89 bits per heavy atom. The van der Waals surface area contributed by atoms with Gasteiger partial charge in [-0.2, -0.15) is 0 Å². The molecule has 1 amide bonds. The van der Waals surface area contributed by atoms with E-state index in [2.05, 4.69) is 0 Å². The van der Waals surface area contributed by atoms with Crippen molar-refractivity contribution in [2.75, 3.05) is 13.2 Å². The third-order valence-corrected chi connectivity index (χ3v) is 3.80. The van der Waals surface area contributed by atoms with E-state index in [1.54, 1.807) is 0 Å². The van der Waals surface area contributed by atoms with Gasteiger partial charge in [-0.05, 0) is 18.4 Å². The number of amides is 1. The summed E-state index contributed by atoms with van der Waals surface area (Å²) in [7, 11) is 0. The molecule has 0 spiro atoms. The highest BCUT2D eigenvalue weighted by Gasteiger charge is 2.42. The number of carbonyl (C=O) groups excluding carboxylic acids is 1. The van der Waals surface area contributed by atoms with Crippen molar-refractivity contribution in [3.05, 3.63) is 35.9 Å². The number of fused-ring (bicyclic) bond motifs is 1. The molecular weight excluding hydrogens is 230 g/mol. The van der Waals surface area contributed by atoms with Gasteiger partial charge >= 0.3 is 0 Å². The second-order valence-electron chi connectivity index (χ2n) is 4.94. The maximum atomic E-state index is 12.3. The second kappa shape index (κ2) is 4.71. The number of hydrogen-bond acceptors (Lipinski definition) is 3. The number of carbonyl (C=O) groups is 1. The number of nitrogens with zero attached hydrogens (tertiary/aromatic N) is 1. The third-order valence-electron chi connectivity index (χ3n) is 3.80. The van der Waals surface area contributed by atoms with E-state index in [-0.39, 0.29) is 11.9 Å². The minimum Gasteiger partial charge on any atom is -0.385 e. The van der Waals surface area contributed by atoms with Crippen LogP contribution in [-0.4, -0.2) is 41.2 Å². The van der Waals surface area contributed by atoms with Crippen LogP contribution >= 0.6 is 0 Å². The molecule has 96 valence electrons. The number of aliphatic hydroxyl groups is 1. The lowest BCUT2D eigenvalue weighted by molar-refractivity contribution is -0.167. The van der Waals surface area contributed by atoms with Crippen LogP contribution in [0.2, 0.25) is 0 Å². The van der Waals surface area contributed by atoms with E-state index in [9.17, 15) is 9.90 Å². The zero-order valence-corrected chi connectivity index (χ0v) is 10.2. The summed E-state index contributed by atoms with van der Waals surface area (Å²) >= 11 is 0. The SMILES string of the molecule is O=C1[C@H]([C@@H](O)c2ccccc2)OC[C@@H]2CCCN12. The summed E-state index contributed by atoms with van der Waals surface area (Å²) in [6, 6.07) is 9.44. The molecule has 18 heavy (non-hydrogen) atoms. The van der Waals surface area contributed by atoms with E-state index in [4.69, 9.17) is 4.74 Å². The van der Waals surface area contributed by atoms with Gasteiger partial charge in [0.2, 0.25) is 0 Å². The van der Waals surface area contributed by atoms with Crippen molar-refractivity contribution in [1.82, 2.24) is 4.90 Å². The van der Waals surface area contributed by atoms with Crippen LogP contribution in [0.4, 0.5) is 0 Å². The van der Waals surface area contributed by atoms with Gasteiger partial charge in [-0.1, -0.05) is 30.3 Å². The molecule has 3 atom stereocenters. The van der Waals surface area contributed by atoms with Crippen LogP contribution in [0.25, 0.3) is 0 Å². The lowest BCUT2D eigenvalue weighted by Crippen LogP contribution is -2.52. The molecule has 0 unspecified atom stereocenters. The fourth-order valence-corrected chi connectivity index (χ4v) is 2.80. The van der Waals surface area contributed by atoms with Crippen molar-refractivity contribution in [2.45, 2.75) is 31.1 Å². The summed E-state index contributed by atoms with van der Waals surface area (Å²) in [6.45, 7) is 1.34. The first-order chi connectivity index (χ1) is 8.77. The van der Waals surface area contributed by atoms with Crippen LogP contribution in [-0.2, 0) is 9.53 Å². The van der Waals surface area contributed by atoms with Crippen molar-refractivity contribution >= 4 is 5.91 Å². The van der Waals surface area contributed by atoms with Gasteiger partial charge in [0.15, 0.2) is 6.10 Å². The van der Waals surface area contributed by atoms with Crippen LogP contribution in [0.5, 0.6) is 0 Å². The van der Waals surface area contributed by atoms with E-state index in [0.29, 0.717) is 6.61 Å². The quantitative estimate of drug-likeness (QED) is 0.851. The smallest absolute Gasteiger partial charge is 0.255 e. The van der Waals surface area contributed by atoms with E-state index in [1.165, 1.54) is 0 Å². The first kappa shape index (κ1) is 11.7. The Morgan fingerprint density at radius 1 is 1.33 bits per heavy atom. The first-order valence-corrected chi connectivity index (χ1v) is 6.42. The van der Waals surface area contributed by atoms with E-state index < -0.39 is 12.2 Å². The van der Waals surface area contributed by atoms with E-state index >= 15 is 0 Å². The summed E-state index contributed by atoms with van der Waals surface area (Å²) in [6.07, 6.45) is 0.426. The molecule has 2 aliphatic rings. The van der Waals surface area contributed by atoms with Crippen LogP contribution in [0.1, 0.15) is 24.5 Å². The first-order valence-electron chi connectivity index (χ1n) is 6.42. The Balaban J connectivity index is 1.78. The van der Waals surface area contributed by atoms with Gasteiger partial charge in [-0.25, -0.2) is 0 Å². The highest BCUT2D eigenvalue weighted by atomic mass is 16.5. The number of hydrogen-bond donors (Lipinski definition) is 1. The standard InChI is InChI=1S/C14H17NO3/c16-12(10-5-2-1-3-6-10)13-14(17)15-8-4-7-11(15)9-18-13/h1-3,5-6,11-13,16H,4,7-9H2/t11-,12-,13-/m0/s1. The fourth-order valence-electron chi connectivity index (χ4n) is 2.80. The number of aliphatic hydroxyl groups excluding tert-OH is 1. The Hall–Kier alpha value is -1.39. The fraction of sp³-hybridized carbons (Fsp3) is 0.500. The summed E-state index contributed by atoms with van der Waals surface area (Å²) in [5, 5.41) is 10.3. The molecule has 1 aromatic carbocycles. The Bertz CT molecular complexity index is 434. The van der Waals surface area contributed by atoms with Gasteiger partial charge in [0.25, 0.3) is 5.91 Å². The van der Waals surface area contributed by atoms with E-state index in [0.717, 1.165) is 24.9 Å². The molecule has 1 N–H and O–H groups in total. The molecule has 2 heterocycles. The zero-order chi connectivity index (χ0) is 12.5. The van der Waals surface area contributed by atoms with Gasteiger partial charge in [-0.15, -0.1) is 0 Å². The van der Waals surface area contributed by atoms with Crippen LogP contribution in [0.15, 0.2) is 30.3 Å². The largest absolute Gasteiger partial charge is 0.385 e. The second-order valence-corrected chi connectivity index (χ2v) is 4.94. The van der Waals surface area contributed by atoms with Gasteiger partial charge in [0, 0.05) is 6.54 Å². The van der Waals surface area contributed by atoms with Gasteiger partial charge in [0.05, 0.1) is 12.6 Å². The van der Waals surface area contributed by atoms with Crippen molar-refractivity contribution in [1.29, 1.82) is 0 Å². The average Bonchev–Trinajstić information content (AvgIpc) is 2.89. The summed E-state index contributed by atoms with van der Waals surface area (Å²) in [5.74, 6) is -0.0693. The predicted octanol–water partition coefficient (Wildman–Crippen LogP) is 1.11. The number of rotatable bonds is 2. The molecule has 4 nitrogen and oxygen atoms in total. The normalized spacial score (nSPS) is 29.2. The Kier molecular flexibility index (Phi) is 3.06. The lowest BCUT2D eigenvalue weighted by atomic mass is 10.0. The molecule has 0 aliphatic carbocycles. The molecule has 0 saturated carbocycles. The Morgan fingerprint density at radius 2 is 2.11 bits per heavy atom. The molecule has 0 bridgehead atoms. The lowest BCUT2D eigenvalue weighted by Gasteiger charge is -2.36. The molecule has 0 aromatic heterocycles. The molecular formula is C14H17NO3. The highest BCUT2D eigenvalue weighted by Crippen LogP contribution is 2.29. The molecule has 0 radical (unpaired) electrons. The molecule has 3 rings (SSSR count). The minimum atomic E-state index is -0.875. The number of ether oxygens (including phenoxy) is 1. The average molecular weight is 247 g/mol. The summed E-state index contributed by atoms with van der Waals surface area (Å²) in [4.78, 5) is 14.1. The van der Waals surface area contributed by atoms with Crippen molar-refractivity contribution in [2.24, 2.45) is 0 Å². The van der Waals surface area contributed by atoms with Crippen molar-refractivity contribution in [3.8, 4) is 0 Å². The van der Waals surface area contributed by atoms with Gasteiger partial charge in [-0.3, -0.25) is 4.79 Å². The number of benzene rings is 1. The van der Waals surface area contributed by atoms with Crippen LogP contribution < -0.4 is 0 Å². The number of morpholine rings is 1. The Labute approximate surface area is 106 Å². The van der Waals surface area contributed by atoms with Gasteiger partial charge < -0.3 is 14.7 Å². The maximum Gasteiger partial charge on any atom is 0.255 e. The molecule has 1 aromatic rings. The summed E-state index contributed by atoms with van der Waals surface area (Å²) in [5.41, 5.74) is 0.730. The minimum absolute atomic E-state index is 0.0693. The van der Waals surface area contributed by atoms with Crippen molar-refractivity contribution in [3.63, 3.8) is 0 Å². The van der Waals surface area contributed by atoms with Crippen LogP contribution in [0, 0.1) is 0 Å². The monoisotopic (exact) mass is 247 g/mol.